The number of hydrogen-bond donors (Lipinski definition) is 4. The van der Waals surface area contributed by atoms with Crippen molar-refractivity contribution >= 4 is 78.7 Å². The number of aryl methyl sites for hydroxylation is 1. The molecule has 4 N–H and O–H groups in total. The molecule has 18 heteroatoms. The molecule has 3 fully saturated rings. The number of nitrogens with one attached hydrogen (secondary N) is 3. The molecule has 7 aromatic rings. The fraction of sp³-hybridized carbons (Fsp3) is 0.333. The summed E-state index contributed by atoms with van der Waals surface area (Å²) in [6.45, 7) is 3.85. The number of benzene rings is 4. The second-order valence-corrected chi connectivity index (χ2v) is 20.0. The van der Waals surface area contributed by atoms with Crippen molar-refractivity contribution in [3.63, 3.8) is 0 Å². The largest absolute Gasteiger partial charge is 0.491 e. The number of anilines is 3. The first-order valence-corrected chi connectivity index (χ1v) is 25.2. The van der Waals surface area contributed by atoms with Crippen LogP contribution in [0.2, 0.25) is 0 Å². The Morgan fingerprint density at radius 2 is 1.69 bits per heavy atom. The highest BCUT2D eigenvalue weighted by Crippen LogP contribution is 2.39. The number of amides is 4. The van der Waals surface area contributed by atoms with E-state index in [9.17, 15) is 29.1 Å². The second kappa shape index (κ2) is 19.6. The lowest BCUT2D eigenvalue weighted by Crippen LogP contribution is -2.48. The number of piperidine rings is 2. The summed E-state index contributed by atoms with van der Waals surface area (Å²) >= 11 is 1.42. The van der Waals surface area contributed by atoms with E-state index in [2.05, 4.69) is 30.9 Å². The third-order valence-corrected chi connectivity index (χ3v) is 15.6. The molecule has 7 heterocycles. The molecule has 0 saturated carbocycles. The van der Waals surface area contributed by atoms with E-state index >= 15 is 0 Å². The molecule has 3 unspecified atom stereocenters. The Balaban J connectivity index is 0.684. The van der Waals surface area contributed by atoms with Gasteiger partial charge in [-0.05, 0) is 122 Å². The van der Waals surface area contributed by atoms with Crippen LogP contribution in [0.25, 0.3) is 32.2 Å². The summed E-state index contributed by atoms with van der Waals surface area (Å²) in [5.74, 6) is -1.47. The molecule has 0 aliphatic carbocycles. The minimum Gasteiger partial charge on any atom is -0.491 e. The van der Waals surface area contributed by atoms with Gasteiger partial charge in [-0.3, -0.25) is 39.4 Å². The smallest absolute Gasteiger partial charge is 0.355 e. The molecule has 3 atom stereocenters. The van der Waals surface area contributed by atoms with Gasteiger partial charge in [0.25, 0.3) is 5.91 Å². The molecule has 4 aliphatic heterocycles. The number of aromatic carboxylic acids is 1. The number of carboxylic acid groups (broad SMARTS) is 1. The van der Waals surface area contributed by atoms with E-state index in [0.717, 1.165) is 63.5 Å². The van der Waals surface area contributed by atoms with Crippen molar-refractivity contribution in [2.75, 3.05) is 41.8 Å². The molecule has 368 valence electrons. The Bertz CT molecular complexity index is 3270. The summed E-state index contributed by atoms with van der Waals surface area (Å²) in [7, 11) is 1.80. The van der Waals surface area contributed by atoms with Crippen LogP contribution in [0.5, 0.6) is 5.75 Å². The first-order chi connectivity index (χ1) is 34.9. The Labute approximate surface area is 418 Å². The van der Waals surface area contributed by atoms with Crippen LogP contribution >= 0.6 is 11.3 Å². The number of nitrogens with zero attached hydrogens (tertiary/aromatic N) is 6. The summed E-state index contributed by atoms with van der Waals surface area (Å²) in [5, 5.41) is 24.9. The molecule has 0 spiro atoms. The number of aromatic nitrogens is 4. The summed E-state index contributed by atoms with van der Waals surface area (Å²) in [6, 6.07) is 28.7. The third kappa shape index (κ3) is 9.28. The highest BCUT2D eigenvalue weighted by molar-refractivity contribution is 7.22. The van der Waals surface area contributed by atoms with Crippen molar-refractivity contribution in [1.82, 2.24) is 30.0 Å². The van der Waals surface area contributed by atoms with Crippen molar-refractivity contribution in [2.24, 2.45) is 7.05 Å². The number of carboxylic acids is 1. The molecule has 17 nitrogen and oxygen atoms in total. The van der Waals surface area contributed by atoms with Crippen LogP contribution in [-0.4, -0.2) is 104 Å². The van der Waals surface area contributed by atoms with Gasteiger partial charge in [0.05, 0.1) is 46.6 Å². The molecular formula is C54H53N9O8S. The van der Waals surface area contributed by atoms with Gasteiger partial charge in [0.2, 0.25) is 17.7 Å². The zero-order valence-electron chi connectivity index (χ0n) is 39.9. The molecule has 4 aromatic carbocycles. The fourth-order valence-corrected chi connectivity index (χ4v) is 11.9. The number of carbonyl (C=O) groups is 5. The third-order valence-electron chi connectivity index (χ3n) is 14.6. The number of carbonyl (C=O) groups excluding carboxylic acids is 4. The van der Waals surface area contributed by atoms with Crippen molar-refractivity contribution in [3.05, 3.63) is 125 Å². The van der Waals surface area contributed by atoms with Gasteiger partial charge in [-0.25, -0.2) is 14.8 Å². The quantitative estimate of drug-likeness (QED) is 0.0612. The van der Waals surface area contributed by atoms with Crippen molar-refractivity contribution in [1.29, 1.82) is 0 Å². The molecular weight excluding hydrogens is 935 g/mol. The second-order valence-electron chi connectivity index (χ2n) is 19.0. The summed E-state index contributed by atoms with van der Waals surface area (Å²) in [4.78, 5) is 77.8. The van der Waals surface area contributed by atoms with Gasteiger partial charge in [-0.1, -0.05) is 47.7 Å². The van der Waals surface area contributed by atoms with Gasteiger partial charge >= 0.3 is 5.97 Å². The summed E-state index contributed by atoms with van der Waals surface area (Å²) in [6.07, 6.45) is 5.00. The number of hydrogen-bond acceptors (Lipinski definition) is 13. The molecule has 0 radical (unpaired) electrons. The lowest BCUT2D eigenvalue weighted by Gasteiger charge is -2.38. The number of pyridine rings is 1. The van der Waals surface area contributed by atoms with Crippen LogP contribution < -0.4 is 25.6 Å². The Morgan fingerprint density at radius 1 is 0.875 bits per heavy atom. The van der Waals surface area contributed by atoms with Gasteiger partial charge in [-0.2, -0.15) is 5.10 Å². The Morgan fingerprint density at radius 3 is 2.50 bits per heavy atom. The van der Waals surface area contributed by atoms with E-state index in [-0.39, 0.29) is 60.5 Å². The maximum absolute atomic E-state index is 13.6. The standard InChI is InChI=1S/C54H53N9O8S/c1-30-36(37-17-19-46(57-50(37)53(68)69)62-22-21-31-7-5-9-38(41(31)28-62)51(66)59-54-56-42-10-3-4-12-45(42)72-54)8-6-11-44(30)71-24-23-70-35-26-33-14-15-34(27-35)63(33)29-48(65)55-32-13-16-39-43(25-32)61(2)60-49(39)40-18-20-47(64)58-52(40)67/h3-13,16-17,19,25,33-35,40H,14-15,18,20-24,26-29H2,1-2H3,(H,55,65)(H,68,69)(H,56,59,66)(H,58,64,67). The number of para-hydroxylation sites is 1. The maximum Gasteiger partial charge on any atom is 0.355 e. The van der Waals surface area contributed by atoms with Crippen LogP contribution in [0.3, 0.4) is 0 Å². The minimum absolute atomic E-state index is 0.0351. The zero-order valence-corrected chi connectivity index (χ0v) is 40.7. The van der Waals surface area contributed by atoms with E-state index in [1.165, 1.54) is 11.3 Å². The van der Waals surface area contributed by atoms with Crippen LogP contribution in [0.1, 0.15) is 87.7 Å². The molecule has 11 rings (SSSR count). The predicted molar refractivity (Wildman–Crippen MR) is 273 cm³/mol. The van der Waals surface area contributed by atoms with Gasteiger partial charge in [0.15, 0.2) is 10.8 Å². The molecule has 4 aliphatic rings. The van der Waals surface area contributed by atoms with Crippen LogP contribution in [0.15, 0.2) is 91.0 Å². The highest BCUT2D eigenvalue weighted by atomic mass is 32.1. The summed E-state index contributed by atoms with van der Waals surface area (Å²) < 4.78 is 15.3. The fourth-order valence-electron chi connectivity index (χ4n) is 11.1. The SMILES string of the molecule is Cc1c(OCCOC2CC3CCC(C2)N3CC(=O)Nc2ccc3c(C4CCC(=O)NC4=O)nn(C)c3c2)cccc1-c1ccc(N2CCc3cccc(C(=O)Nc4nc5ccccc5s4)c3C2)nc1C(=O)O. The van der Waals surface area contributed by atoms with Gasteiger partial charge < -0.3 is 24.8 Å². The number of ether oxygens (including phenoxy) is 2. The maximum atomic E-state index is 13.6. The van der Waals surface area contributed by atoms with Gasteiger partial charge in [-0.15, -0.1) is 0 Å². The van der Waals surface area contributed by atoms with Crippen LogP contribution in [0.4, 0.5) is 16.6 Å². The normalized spacial score (nSPS) is 19.8. The van der Waals surface area contributed by atoms with E-state index in [1.54, 1.807) is 17.8 Å². The zero-order chi connectivity index (χ0) is 49.6. The minimum atomic E-state index is -1.15. The number of thiazole rings is 1. The van der Waals surface area contributed by atoms with E-state index in [1.807, 2.05) is 96.8 Å². The number of fused-ring (bicyclic) bond motifs is 5. The van der Waals surface area contributed by atoms with Crippen LogP contribution in [-0.2, 0) is 39.1 Å². The lowest BCUT2D eigenvalue weighted by atomic mass is 9.93. The average molecular weight is 988 g/mol. The summed E-state index contributed by atoms with van der Waals surface area (Å²) in [5.41, 5.74) is 7.26. The molecule has 72 heavy (non-hydrogen) atoms. The molecule has 3 aromatic heterocycles. The van der Waals surface area contributed by atoms with Crippen molar-refractivity contribution < 1.29 is 38.6 Å². The van der Waals surface area contributed by atoms with Gasteiger partial charge in [0.1, 0.15) is 18.2 Å². The van der Waals surface area contributed by atoms with Gasteiger partial charge in [0, 0.05) is 60.8 Å². The van der Waals surface area contributed by atoms with Crippen molar-refractivity contribution in [3.8, 4) is 16.9 Å². The first-order valence-electron chi connectivity index (χ1n) is 24.4. The van der Waals surface area contributed by atoms with E-state index in [0.29, 0.717) is 83.9 Å². The topological polar surface area (TPSA) is 210 Å². The van der Waals surface area contributed by atoms with E-state index in [4.69, 9.17) is 14.5 Å². The molecule has 4 amide bonds. The van der Waals surface area contributed by atoms with Crippen LogP contribution in [0, 0.1) is 6.92 Å². The molecule has 3 saturated heterocycles. The average Bonchev–Trinajstić information content (AvgIpc) is 4.00. The Hall–Kier alpha value is -7.54. The first kappa shape index (κ1) is 46.8. The molecule has 2 bridgehead atoms. The predicted octanol–water partition coefficient (Wildman–Crippen LogP) is 7.62. The lowest BCUT2D eigenvalue weighted by molar-refractivity contribution is -0.134. The number of imide groups is 1. The number of rotatable bonds is 14. The highest BCUT2D eigenvalue weighted by Gasteiger charge is 2.42. The monoisotopic (exact) mass is 987 g/mol. The van der Waals surface area contributed by atoms with Crippen molar-refractivity contribution in [2.45, 2.75) is 82.5 Å². The van der Waals surface area contributed by atoms with E-state index < -0.39 is 11.9 Å². The Kier molecular flexibility index (Phi) is 12.7.